The predicted molar refractivity (Wildman–Crippen MR) is 77.2 cm³/mol. The molecule has 5 nitrogen and oxygen atoms in total. The van der Waals surface area contributed by atoms with Crippen molar-refractivity contribution in [3.63, 3.8) is 0 Å². The summed E-state index contributed by atoms with van der Waals surface area (Å²) < 4.78 is 5.92. The number of benzene rings is 1. The van der Waals surface area contributed by atoms with Crippen molar-refractivity contribution in [1.29, 1.82) is 0 Å². The first kappa shape index (κ1) is 12.6. The quantitative estimate of drug-likeness (QED) is 0.717. The molecule has 0 saturated carbocycles. The molecule has 4 N–H and O–H groups in total. The van der Waals surface area contributed by atoms with E-state index in [4.69, 9.17) is 10.5 Å². The average Bonchev–Trinajstić information content (AvgIpc) is 2.95. The fraction of sp³-hybridized carbons (Fsp3) is 0.571. The Kier molecular flexibility index (Phi) is 3.24. The Hall–Kier alpha value is -1.46. The summed E-state index contributed by atoms with van der Waals surface area (Å²) in [5, 5.41) is 6.78. The van der Waals surface area contributed by atoms with Crippen molar-refractivity contribution >= 4 is 11.4 Å². The SMILES string of the molecule is CC1(NCCN2CCCC2)Nc2cc(N)ccc2O1. The number of fused-ring (bicyclic) bond motifs is 1. The van der Waals surface area contributed by atoms with Gasteiger partial charge in [0, 0.05) is 25.7 Å². The molecule has 0 amide bonds. The van der Waals surface area contributed by atoms with Gasteiger partial charge in [-0.15, -0.1) is 0 Å². The lowest BCUT2D eigenvalue weighted by Crippen LogP contribution is -2.53. The normalized spacial score (nSPS) is 25.9. The van der Waals surface area contributed by atoms with Crippen LogP contribution in [0.15, 0.2) is 18.2 Å². The fourth-order valence-corrected chi connectivity index (χ4v) is 2.78. The zero-order valence-electron chi connectivity index (χ0n) is 11.4. The molecule has 19 heavy (non-hydrogen) atoms. The molecule has 1 unspecified atom stereocenters. The summed E-state index contributed by atoms with van der Waals surface area (Å²) in [6.45, 7) is 6.44. The van der Waals surface area contributed by atoms with Crippen LogP contribution >= 0.6 is 0 Å². The van der Waals surface area contributed by atoms with Crippen LogP contribution in [0.2, 0.25) is 0 Å². The maximum absolute atomic E-state index is 5.92. The van der Waals surface area contributed by atoms with Gasteiger partial charge in [-0.2, -0.15) is 0 Å². The van der Waals surface area contributed by atoms with Crippen LogP contribution in [0, 0.1) is 0 Å². The van der Waals surface area contributed by atoms with Gasteiger partial charge in [-0.3, -0.25) is 5.32 Å². The van der Waals surface area contributed by atoms with Gasteiger partial charge in [0.2, 0.25) is 5.85 Å². The second-order valence-electron chi connectivity index (χ2n) is 5.49. The van der Waals surface area contributed by atoms with Gasteiger partial charge in [0.05, 0.1) is 5.69 Å². The van der Waals surface area contributed by atoms with Crippen LogP contribution in [0.25, 0.3) is 0 Å². The van der Waals surface area contributed by atoms with Gasteiger partial charge in [0.25, 0.3) is 0 Å². The largest absolute Gasteiger partial charge is 0.453 e. The van der Waals surface area contributed by atoms with Crippen LogP contribution < -0.4 is 21.1 Å². The van der Waals surface area contributed by atoms with Crippen molar-refractivity contribution in [2.24, 2.45) is 0 Å². The van der Waals surface area contributed by atoms with E-state index in [1.807, 2.05) is 25.1 Å². The lowest BCUT2D eigenvalue weighted by Gasteiger charge is -2.27. The molecule has 2 heterocycles. The summed E-state index contributed by atoms with van der Waals surface area (Å²) >= 11 is 0. The summed E-state index contributed by atoms with van der Waals surface area (Å²) in [6.07, 6.45) is 2.66. The molecule has 1 aromatic rings. The first-order valence-electron chi connectivity index (χ1n) is 6.99. The van der Waals surface area contributed by atoms with Crippen LogP contribution in [0.1, 0.15) is 19.8 Å². The van der Waals surface area contributed by atoms with Crippen LogP contribution in [-0.4, -0.2) is 36.9 Å². The monoisotopic (exact) mass is 262 g/mol. The van der Waals surface area contributed by atoms with Gasteiger partial charge >= 0.3 is 0 Å². The molecule has 0 aromatic heterocycles. The number of hydrogen-bond acceptors (Lipinski definition) is 5. The van der Waals surface area contributed by atoms with E-state index in [1.54, 1.807) is 0 Å². The summed E-state index contributed by atoms with van der Waals surface area (Å²) in [4.78, 5) is 2.48. The number of nitrogens with two attached hydrogens (primary N) is 1. The molecule has 0 bridgehead atoms. The molecule has 1 atom stereocenters. The highest BCUT2D eigenvalue weighted by atomic mass is 16.5. The first-order chi connectivity index (χ1) is 9.15. The van der Waals surface area contributed by atoms with Crippen molar-refractivity contribution < 1.29 is 4.74 Å². The second kappa shape index (κ2) is 4.90. The van der Waals surface area contributed by atoms with E-state index in [2.05, 4.69) is 15.5 Å². The topological polar surface area (TPSA) is 62.5 Å². The van der Waals surface area contributed by atoms with Gasteiger partial charge in [0.15, 0.2) is 0 Å². The van der Waals surface area contributed by atoms with Crippen LogP contribution in [0.3, 0.4) is 0 Å². The highest BCUT2D eigenvalue weighted by Gasteiger charge is 2.33. The number of nitrogen functional groups attached to an aromatic ring is 1. The minimum Gasteiger partial charge on any atom is -0.453 e. The fourth-order valence-electron chi connectivity index (χ4n) is 2.78. The van der Waals surface area contributed by atoms with E-state index in [1.165, 1.54) is 25.9 Å². The van der Waals surface area contributed by atoms with E-state index < -0.39 is 5.85 Å². The zero-order valence-corrected chi connectivity index (χ0v) is 11.4. The number of nitrogens with one attached hydrogen (secondary N) is 2. The van der Waals surface area contributed by atoms with Crippen LogP contribution in [0.5, 0.6) is 5.75 Å². The van der Waals surface area contributed by atoms with Crippen LogP contribution in [-0.2, 0) is 0 Å². The molecule has 104 valence electrons. The second-order valence-corrected chi connectivity index (χ2v) is 5.49. The van der Waals surface area contributed by atoms with Gasteiger partial charge in [-0.1, -0.05) is 0 Å². The lowest BCUT2D eigenvalue weighted by atomic mass is 10.2. The van der Waals surface area contributed by atoms with E-state index in [0.717, 1.165) is 30.2 Å². The number of hydrogen-bond donors (Lipinski definition) is 3. The summed E-state index contributed by atoms with van der Waals surface area (Å²) in [6, 6.07) is 5.67. The summed E-state index contributed by atoms with van der Waals surface area (Å²) in [5.41, 5.74) is 7.48. The number of nitrogens with zero attached hydrogens (tertiary/aromatic N) is 1. The number of ether oxygens (including phenoxy) is 1. The highest BCUT2D eigenvalue weighted by molar-refractivity contribution is 5.66. The van der Waals surface area contributed by atoms with E-state index in [9.17, 15) is 0 Å². The minimum absolute atomic E-state index is 0.532. The average molecular weight is 262 g/mol. The van der Waals surface area contributed by atoms with Crippen molar-refractivity contribution in [1.82, 2.24) is 10.2 Å². The standard InChI is InChI=1S/C14H22N4O/c1-14(16-6-9-18-7-2-3-8-18)17-12-10-11(15)4-5-13(12)19-14/h4-5,10,16-17H,2-3,6-9,15H2,1H3. The molecule has 3 rings (SSSR count). The van der Waals surface area contributed by atoms with Crippen molar-refractivity contribution in [3.8, 4) is 5.75 Å². The van der Waals surface area contributed by atoms with Crippen LogP contribution in [0.4, 0.5) is 11.4 Å². The van der Waals surface area contributed by atoms with Crippen molar-refractivity contribution in [3.05, 3.63) is 18.2 Å². The Morgan fingerprint density at radius 1 is 1.42 bits per heavy atom. The molecular formula is C14H22N4O. The van der Waals surface area contributed by atoms with Gasteiger partial charge in [0.1, 0.15) is 5.75 Å². The van der Waals surface area contributed by atoms with Crippen molar-refractivity contribution in [2.75, 3.05) is 37.2 Å². The molecule has 2 aliphatic rings. The van der Waals surface area contributed by atoms with Gasteiger partial charge < -0.3 is 20.7 Å². The van der Waals surface area contributed by atoms with Gasteiger partial charge in [-0.05, 0) is 44.1 Å². The van der Waals surface area contributed by atoms with Gasteiger partial charge in [-0.25, -0.2) is 0 Å². The summed E-state index contributed by atoms with van der Waals surface area (Å²) in [5.74, 6) is 0.320. The maximum atomic E-state index is 5.92. The zero-order chi connectivity index (χ0) is 13.3. The van der Waals surface area contributed by atoms with Crippen molar-refractivity contribution in [2.45, 2.75) is 25.6 Å². The van der Waals surface area contributed by atoms with E-state index in [-0.39, 0.29) is 0 Å². The third-order valence-corrected chi connectivity index (χ3v) is 3.78. The molecule has 0 spiro atoms. The molecule has 1 aromatic carbocycles. The predicted octanol–water partition coefficient (Wildman–Crippen LogP) is 1.43. The summed E-state index contributed by atoms with van der Waals surface area (Å²) in [7, 11) is 0. The molecule has 2 aliphatic heterocycles. The number of rotatable bonds is 4. The van der Waals surface area contributed by atoms with E-state index >= 15 is 0 Å². The molecule has 0 radical (unpaired) electrons. The Labute approximate surface area is 114 Å². The molecule has 1 saturated heterocycles. The molecule has 0 aliphatic carbocycles. The minimum atomic E-state index is -0.532. The molecule has 1 fully saturated rings. The Morgan fingerprint density at radius 2 is 2.21 bits per heavy atom. The maximum Gasteiger partial charge on any atom is 0.235 e. The third kappa shape index (κ3) is 2.77. The number of likely N-dealkylation sites (tertiary alicyclic amines) is 1. The lowest BCUT2D eigenvalue weighted by molar-refractivity contribution is 0.0962. The Morgan fingerprint density at radius 3 is 3.00 bits per heavy atom. The molecular weight excluding hydrogens is 240 g/mol. The Balaban J connectivity index is 1.54. The first-order valence-corrected chi connectivity index (χ1v) is 6.99. The Bertz CT molecular complexity index is 459. The third-order valence-electron chi connectivity index (χ3n) is 3.78. The van der Waals surface area contributed by atoms with E-state index in [0.29, 0.717) is 0 Å². The highest BCUT2D eigenvalue weighted by Crippen LogP contribution is 2.36. The number of anilines is 2. The molecule has 5 heteroatoms. The smallest absolute Gasteiger partial charge is 0.235 e.